The van der Waals surface area contributed by atoms with Gasteiger partial charge in [0.2, 0.25) is 5.91 Å². The fourth-order valence-electron chi connectivity index (χ4n) is 2.84. The lowest BCUT2D eigenvalue weighted by molar-refractivity contribution is -0.119. The Balaban J connectivity index is 0.00000161. The SMILES string of the molecule is CC(N)C(C)C(=O)Nc1ccc2c3c(cccc13)CC2.Cl. The zero-order valence-corrected chi connectivity index (χ0v) is 13.2. The number of halogens is 1. The van der Waals surface area contributed by atoms with Crippen LogP contribution >= 0.6 is 12.4 Å². The van der Waals surface area contributed by atoms with E-state index >= 15 is 0 Å². The van der Waals surface area contributed by atoms with Crippen LogP contribution in [0.3, 0.4) is 0 Å². The normalized spacial score (nSPS) is 15.4. The molecule has 3 rings (SSSR count). The van der Waals surface area contributed by atoms with Crippen molar-refractivity contribution in [1.82, 2.24) is 0 Å². The minimum absolute atomic E-state index is 0. The lowest BCUT2D eigenvalue weighted by Gasteiger charge is -2.17. The predicted molar refractivity (Wildman–Crippen MR) is 90.0 cm³/mol. The maximum Gasteiger partial charge on any atom is 0.228 e. The van der Waals surface area contributed by atoms with Crippen molar-refractivity contribution in [3.8, 4) is 0 Å². The number of carbonyl (C=O) groups is 1. The summed E-state index contributed by atoms with van der Waals surface area (Å²) in [7, 11) is 0. The van der Waals surface area contributed by atoms with Crippen LogP contribution in [0.1, 0.15) is 25.0 Å². The highest BCUT2D eigenvalue weighted by Gasteiger charge is 2.20. The van der Waals surface area contributed by atoms with Crippen molar-refractivity contribution in [2.75, 3.05) is 5.32 Å². The van der Waals surface area contributed by atoms with Gasteiger partial charge in [-0.1, -0.05) is 31.2 Å². The number of hydrogen-bond acceptors (Lipinski definition) is 2. The van der Waals surface area contributed by atoms with Gasteiger partial charge in [0.15, 0.2) is 0 Å². The minimum Gasteiger partial charge on any atom is -0.327 e. The summed E-state index contributed by atoms with van der Waals surface area (Å²) < 4.78 is 0. The van der Waals surface area contributed by atoms with E-state index in [1.54, 1.807) is 0 Å². The molecule has 0 aromatic heterocycles. The van der Waals surface area contributed by atoms with Crippen molar-refractivity contribution in [2.45, 2.75) is 32.7 Å². The van der Waals surface area contributed by atoms with Crippen LogP contribution in [0.2, 0.25) is 0 Å². The Labute approximate surface area is 131 Å². The number of rotatable bonds is 3. The number of benzene rings is 2. The van der Waals surface area contributed by atoms with E-state index in [9.17, 15) is 4.79 Å². The molecular formula is C17H21ClN2O. The highest BCUT2D eigenvalue weighted by atomic mass is 35.5. The molecule has 0 spiro atoms. The Morgan fingerprint density at radius 2 is 1.81 bits per heavy atom. The lowest BCUT2D eigenvalue weighted by atomic mass is 10.0. The van der Waals surface area contributed by atoms with Gasteiger partial charge in [0.1, 0.15) is 0 Å². The summed E-state index contributed by atoms with van der Waals surface area (Å²) in [5.74, 6) is -0.211. The average Bonchev–Trinajstić information content (AvgIpc) is 2.86. The van der Waals surface area contributed by atoms with E-state index < -0.39 is 0 Å². The van der Waals surface area contributed by atoms with Crippen LogP contribution in [0.25, 0.3) is 10.8 Å². The number of carbonyl (C=O) groups excluding carboxylic acids is 1. The molecule has 0 saturated heterocycles. The van der Waals surface area contributed by atoms with Crippen molar-refractivity contribution < 1.29 is 4.79 Å². The number of amides is 1. The molecule has 2 atom stereocenters. The lowest BCUT2D eigenvalue weighted by Crippen LogP contribution is -2.34. The quantitative estimate of drug-likeness (QED) is 0.914. The van der Waals surface area contributed by atoms with Gasteiger partial charge in [0.25, 0.3) is 0 Å². The largest absolute Gasteiger partial charge is 0.327 e. The first-order chi connectivity index (χ1) is 9.58. The molecule has 0 fully saturated rings. The molecule has 1 amide bonds. The van der Waals surface area contributed by atoms with Gasteiger partial charge in [0, 0.05) is 17.1 Å². The maximum atomic E-state index is 12.2. The van der Waals surface area contributed by atoms with Crippen LogP contribution in [-0.4, -0.2) is 11.9 Å². The average molecular weight is 305 g/mol. The van der Waals surface area contributed by atoms with Gasteiger partial charge in [-0.05, 0) is 42.3 Å². The smallest absolute Gasteiger partial charge is 0.228 e. The van der Waals surface area contributed by atoms with Crippen molar-refractivity contribution in [2.24, 2.45) is 11.7 Å². The summed E-state index contributed by atoms with van der Waals surface area (Å²) >= 11 is 0. The predicted octanol–water partition coefficient (Wildman–Crippen LogP) is 3.28. The van der Waals surface area contributed by atoms with E-state index in [-0.39, 0.29) is 30.3 Å². The molecule has 0 bridgehead atoms. The number of hydrogen-bond donors (Lipinski definition) is 2. The fraction of sp³-hybridized carbons (Fsp3) is 0.353. The first-order valence-electron chi connectivity index (χ1n) is 7.18. The Bertz CT molecular complexity index is 672. The van der Waals surface area contributed by atoms with Crippen molar-refractivity contribution in [3.05, 3.63) is 41.5 Å². The molecule has 21 heavy (non-hydrogen) atoms. The van der Waals surface area contributed by atoms with E-state index in [1.165, 1.54) is 16.5 Å². The van der Waals surface area contributed by atoms with Gasteiger partial charge in [0.05, 0.1) is 5.92 Å². The second kappa shape index (κ2) is 6.04. The molecule has 0 aliphatic heterocycles. The second-order valence-corrected chi connectivity index (χ2v) is 5.75. The second-order valence-electron chi connectivity index (χ2n) is 5.75. The number of aryl methyl sites for hydroxylation is 2. The van der Waals surface area contributed by atoms with Crippen molar-refractivity contribution in [1.29, 1.82) is 0 Å². The molecule has 112 valence electrons. The van der Waals surface area contributed by atoms with E-state index in [0.717, 1.165) is 23.9 Å². The molecule has 4 heteroatoms. The van der Waals surface area contributed by atoms with Crippen molar-refractivity contribution >= 4 is 34.8 Å². The fourth-order valence-corrected chi connectivity index (χ4v) is 2.84. The molecule has 3 nitrogen and oxygen atoms in total. The summed E-state index contributed by atoms with van der Waals surface area (Å²) in [6.07, 6.45) is 2.20. The molecule has 1 aliphatic rings. The molecule has 0 radical (unpaired) electrons. The van der Waals surface area contributed by atoms with Gasteiger partial charge in [-0.3, -0.25) is 4.79 Å². The summed E-state index contributed by atoms with van der Waals surface area (Å²) in [6.45, 7) is 3.72. The zero-order valence-electron chi connectivity index (χ0n) is 12.3. The molecule has 3 N–H and O–H groups in total. The van der Waals surface area contributed by atoms with Crippen LogP contribution in [0.15, 0.2) is 30.3 Å². The van der Waals surface area contributed by atoms with Gasteiger partial charge in [-0.15, -0.1) is 12.4 Å². The molecule has 0 saturated carbocycles. The summed E-state index contributed by atoms with van der Waals surface area (Å²) in [6, 6.07) is 10.3. The molecule has 2 unspecified atom stereocenters. The number of nitrogens with two attached hydrogens (primary N) is 1. The van der Waals surface area contributed by atoms with Crippen LogP contribution in [0, 0.1) is 5.92 Å². The Morgan fingerprint density at radius 3 is 2.48 bits per heavy atom. The van der Waals surface area contributed by atoms with Crippen LogP contribution in [0.4, 0.5) is 5.69 Å². The Kier molecular flexibility index (Phi) is 4.55. The van der Waals surface area contributed by atoms with Crippen LogP contribution in [-0.2, 0) is 17.6 Å². The van der Waals surface area contributed by atoms with Crippen molar-refractivity contribution in [3.63, 3.8) is 0 Å². The molecular weight excluding hydrogens is 284 g/mol. The summed E-state index contributed by atoms with van der Waals surface area (Å²) in [5.41, 5.74) is 9.46. The Hall–Kier alpha value is -1.58. The Morgan fingerprint density at radius 1 is 1.14 bits per heavy atom. The van der Waals surface area contributed by atoms with Gasteiger partial charge < -0.3 is 11.1 Å². The third-order valence-corrected chi connectivity index (χ3v) is 4.34. The van der Waals surface area contributed by atoms with Gasteiger partial charge in [-0.2, -0.15) is 0 Å². The minimum atomic E-state index is -0.196. The van der Waals surface area contributed by atoms with E-state index in [4.69, 9.17) is 5.73 Å². The third-order valence-electron chi connectivity index (χ3n) is 4.34. The highest BCUT2D eigenvalue weighted by Crippen LogP contribution is 2.35. The van der Waals surface area contributed by atoms with E-state index in [0.29, 0.717) is 0 Å². The third kappa shape index (κ3) is 2.76. The summed E-state index contributed by atoms with van der Waals surface area (Å²) in [5, 5.41) is 5.49. The first kappa shape index (κ1) is 15.8. The maximum absolute atomic E-state index is 12.2. The van der Waals surface area contributed by atoms with E-state index in [1.807, 2.05) is 19.9 Å². The highest BCUT2D eigenvalue weighted by molar-refractivity contribution is 6.05. The van der Waals surface area contributed by atoms with Crippen LogP contribution < -0.4 is 11.1 Å². The topological polar surface area (TPSA) is 55.1 Å². The first-order valence-corrected chi connectivity index (χ1v) is 7.18. The zero-order chi connectivity index (χ0) is 14.3. The monoisotopic (exact) mass is 304 g/mol. The van der Waals surface area contributed by atoms with Crippen LogP contribution in [0.5, 0.6) is 0 Å². The molecule has 2 aromatic carbocycles. The number of anilines is 1. The standard InChI is InChI=1S/C17H20N2O.ClH/c1-10(11(2)18)17(20)19-15-9-8-13-7-6-12-4-3-5-14(15)16(12)13;/h3-5,8-11H,6-7,18H2,1-2H3,(H,19,20);1H. The molecule has 0 heterocycles. The molecule has 2 aromatic rings. The van der Waals surface area contributed by atoms with E-state index in [2.05, 4.69) is 29.6 Å². The van der Waals surface area contributed by atoms with Gasteiger partial charge in [-0.25, -0.2) is 0 Å². The molecule has 1 aliphatic carbocycles. The van der Waals surface area contributed by atoms with Gasteiger partial charge >= 0.3 is 0 Å². The number of nitrogens with one attached hydrogen (secondary N) is 1. The summed E-state index contributed by atoms with van der Waals surface area (Å²) in [4.78, 5) is 12.2.